The fourth-order valence-electron chi connectivity index (χ4n) is 1.94. The minimum Gasteiger partial charge on any atom is -0.334 e. The number of aryl methyl sites for hydroxylation is 1. The molecule has 1 N–H and O–H groups in total. The van der Waals surface area contributed by atoms with Gasteiger partial charge >= 0.3 is 0 Å². The molecular formula is C15H19N3O. The van der Waals surface area contributed by atoms with E-state index in [-0.39, 0.29) is 11.9 Å². The Hall–Kier alpha value is -2.10. The second-order valence-corrected chi connectivity index (χ2v) is 4.66. The highest BCUT2D eigenvalue weighted by molar-refractivity contribution is 5.90. The highest BCUT2D eigenvalue weighted by Crippen LogP contribution is 2.14. The van der Waals surface area contributed by atoms with Gasteiger partial charge in [0.05, 0.1) is 6.33 Å². The summed E-state index contributed by atoms with van der Waals surface area (Å²) < 4.78 is 1.93. The van der Waals surface area contributed by atoms with Crippen LogP contribution in [0.5, 0.6) is 0 Å². The van der Waals surface area contributed by atoms with Gasteiger partial charge < -0.3 is 9.88 Å². The van der Waals surface area contributed by atoms with Crippen molar-refractivity contribution < 1.29 is 4.79 Å². The molecule has 0 bridgehead atoms. The second-order valence-electron chi connectivity index (χ2n) is 4.66. The third-order valence-corrected chi connectivity index (χ3v) is 3.16. The summed E-state index contributed by atoms with van der Waals surface area (Å²) >= 11 is 0. The zero-order chi connectivity index (χ0) is 13.7. The average molecular weight is 257 g/mol. The number of anilines is 1. The van der Waals surface area contributed by atoms with Crippen LogP contribution in [-0.2, 0) is 11.2 Å². The van der Waals surface area contributed by atoms with Gasteiger partial charge in [0.25, 0.3) is 0 Å². The average Bonchev–Trinajstić information content (AvgIpc) is 2.93. The quantitative estimate of drug-likeness (QED) is 0.895. The summed E-state index contributed by atoms with van der Waals surface area (Å²) in [5.74, 6) is 0.0189. The van der Waals surface area contributed by atoms with Gasteiger partial charge in [0, 0.05) is 30.5 Å². The molecule has 0 aliphatic carbocycles. The molecule has 0 radical (unpaired) electrons. The van der Waals surface area contributed by atoms with Gasteiger partial charge in [-0.3, -0.25) is 4.79 Å². The van der Waals surface area contributed by atoms with Crippen LogP contribution in [0.3, 0.4) is 0 Å². The summed E-state index contributed by atoms with van der Waals surface area (Å²) in [5.41, 5.74) is 2.12. The number of aromatic nitrogens is 2. The molecule has 2 aromatic rings. The predicted octanol–water partition coefficient (Wildman–Crippen LogP) is 3.04. The van der Waals surface area contributed by atoms with Crippen molar-refractivity contribution in [1.82, 2.24) is 9.55 Å². The van der Waals surface area contributed by atoms with E-state index in [4.69, 9.17) is 0 Å². The fraction of sp³-hybridized carbons (Fsp3) is 0.333. The van der Waals surface area contributed by atoms with Crippen LogP contribution in [0.25, 0.3) is 0 Å². The van der Waals surface area contributed by atoms with Crippen molar-refractivity contribution in [2.45, 2.75) is 32.7 Å². The Labute approximate surface area is 113 Å². The summed E-state index contributed by atoms with van der Waals surface area (Å²) in [6.45, 7) is 4.11. The lowest BCUT2D eigenvalue weighted by Gasteiger charge is -2.13. The van der Waals surface area contributed by atoms with E-state index in [1.54, 1.807) is 12.5 Å². The summed E-state index contributed by atoms with van der Waals surface area (Å²) in [6, 6.07) is 8.07. The third-order valence-electron chi connectivity index (χ3n) is 3.16. The molecule has 2 rings (SSSR count). The van der Waals surface area contributed by atoms with E-state index in [0.29, 0.717) is 6.42 Å². The highest BCUT2D eigenvalue weighted by Gasteiger charge is 2.10. The molecule has 0 aliphatic rings. The van der Waals surface area contributed by atoms with E-state index in [1.807, 2.05) is 42.0 Å². The van der Waals surface area contributed by atoms with Crippen molar-refractivity contribution in [3.05, 3.63) is 48.5 Å². The van der Waals surface area contributed by atoms with Gasteiger partial charge in [-0.25, -0.2) is 4.98 Å². The van der Waals surface area contributed by atoms with Crippen molar-refractivity contribution >= 4 is 11.6 Å². The van der Waals surface area contributed by atoms with Crippen molar-refractivity contribution in [2.75, 3.05) is 5.32 Å². The van der Waals surface area contributed by atoms with E-state index in [0.717, 1.165) is 12.1 Å². The van der Waals surface area contributed by atoms with Gasteiger partial charge in [-0.2, -0.15) is 0 Å². The smallest absolute Gasteiger partial charge is 0.226 e. The number of benzene rings is 1. The maximum atomic E-state index is 11.9. The third kappa shape index (κ3) is 3.68. The van der Waals surface area contributed by atoms with Gasteiger partial charge in [-0.1, -0.05) is 19.1 Å². The maximum absolute atomic E-state index is 11.9. The van der Waals surface area contributed by atoms with Crippen LogP contribution in [0.4, 0.5) is 5.69 Å². The molecule has 1 unspecified atom stereocenters. The number of carbonyl (C=O) groups excluding carboxylic acids is 1. The van der Waals surface area contributed by atoms with Crippen molar-refractivity contribution in [1.29, 1.82) is 0 Å². The maximum Gasteiger partial charge on any atom is 0.226 e. The molecule has 1 aromatic heterocycles. The second kappa shape index (κ2) is 6.18. The van der Waals surface area contributed by atoms with Gasteiger partial charge in [0.2, 0.25) is 5.91 Å². The number of hydrogen-bond donors (Lipinski definition) is 1. The summed E-state index contributed by atoms with van der Waals surface area (Å²) in [6.07, 6.45) is 6.76. The summed E-state index contributed by atoms with van der Waals surface area (Å²) in [4.78, 5) is 15.9. The molecule has 0 aliphatic heterocycles. The molecule has 1 aromatic carbocycles. The standard InChI is InChI=1S/C15H19N3O/c1-3-13-4-6-14(7-5-13)17-15(19)10-12(2)18-9-8-16-11-18/h4-9,11-12H,3,10H2,1-2H3,(H,17,19). The number of nitrogens with zero attached hydrogens (tertiary/aromatic N) is 2. The number of amides is 1. The fourth-order valence-corrected chi connectivity index (χ4v) is 1.94. The van der Waals surface area contributed by atoms with Gasteiger partial charge in [0.15, 0.2) is 0 Å². The van der Waals surface area contributed by atoms with E-state index in [9.17, 15) is 4.79 Å². The molecule has 1 atom stereocenters. The molecule has 19 heavy (non-hydrogen) atoms. The molecule has 4 nitrogen and oxygen atoms in total. The van der Waals surface area contributed by atoms with Crippen LogP contribution in [0, 0.1) is 0 Å². The van der Waals surface area contributed by atoms with Crippen molar-refractivity contribution in [3.8, 4) is 0 Å². The molecule has 0 saturated carbocycles. The topological polar surface area (TPSA) is 46.9 Å². The Kier molecular flexibility index (Phi) is 4.34. The molecule has 0 saturated heterocycles. The lowest BCUT2D eigenvalue weighted by molar-refractivity contribution is -0.116. The number of rotatable bonds is 5. The lowest BCUT2D eigenvalue weighted by atomic mass is 10.1. The van der Waals surface area contributed by atoms with Crippen LogP contribution in [0.15, 0.2) is 43.0 Å². The van der Waals surface area contributed by atoms with Crippen molar-refractivity contribution in [2.24, 2.45) is 0 Å². The minimum atomic E-state index is 0.0189. The van der Waals surface area contributed by atoms with E-state index >= 15 is 0 Å². The largest absolute Gasteiger partial charge is 0.334 e. The molecule has 0 fully saturated rings. The Morgan fingerprint density at radius 3 is 2.68 bits per heavy atom. The Morgan fingerprint density at radius 2 is 2.11 bits per heavy atom. The Morgan fingerprint density at radius 1 is 1.37 bits per heavy atom. The summed E-state index contributed by atoms with van der Waals surface area (Å²) in [5, 5.41) is 2.91. The molecule has 4 heteroatoms. The van der Waals surface area contributed by atoms with Crippen LogP contribution in [-0.4, -0.2) is 15.5 Å². The summed E-state index contributed by atoms with van der Waals surface area (Å²) in [7, 11) is 0. The van der Waals surface area contributed by atoms with E-state index in [1.165, 1.54) is 5.56 Å². The van der Waals surface area contributed by atoms with Crippen LogP contribution >= 0.6 is 0 Å². The molecule has 100 valence electrons. The van der Waals surface area contributed by atoms with E-state index < -0.39 is 0 Å². The number of imidazole rings is 1. The SMILES string of the molecule is CCc1ccc(NC(=O)CC(C)n2ccnc2)cc1. The predicted molar refractivity (Wildman–Crippen MR) is 76.0 cm³/mol. The Bertz CT molecular complexity index is 517. The van der Waals surface area contributed by atoms with E-state index in [2.05, 4.69) is 17.2 Å². The first-order valence-corrected chi connectivity index (χ1v) is 6.55. The first kappa shape index (κ1) is 13.3. The van der Waals surface area contributed by atoms with Gasteiger partial charge in [-0.15, -0.1) is 0 Å². The first-order valence-electron chi connectivity index (χ1n) is 6.55. The Balaban J connectivity index is 1.90. The van der Waals surface area contributed by atoms with Gasteiger partial charge in [0.1, 0.15) is 0 Å². The first-order chi connectivity index (χ1) is 9.19. The number of nitrogens with one attached hydrogen (secondary N) is 1. The molecule has 1 amide bonds. The zero-order valence-corrected chi connectivity index (χ0v) is 11.3. The highest BCUT2D eigenvalue weighted by atomic mass is 16.1. The number of hydrogen-bond acceptors (Lipinski definition) is 2. The molecule has 1 heterocycles. The molecule has 0 spiro atoms. The van der Waals surface area contributed by atoms with Gasteiger partial charge in [-0.05, 0) is 31.0 Å². The lowest BCUT2D eigenvalue weighted by Crippen LogP contribution is -2.16. The minimum absolute atomic E-state index is 0.0189. The molecular weight excluding hydrogens is 238 g/mol. The van der Waals surface area contributed by atoms with Crippen LogP contribution in [0.2, 0.25) is 0 Å². The monoisotopic (exact) mass is 257 g/mol. The van der Waals surface area contributed by atoms with Crippen molar-refractivity contribution in [3.63, 3.8) is 0 Å². The van der Waals surface area contributed by atoms with Crippen LogP contribution < -0.4 is 5.32 Å². The van der Waals surface area contributed by atoms with Crippen LogP contribution in [0.1, 0.15) is 31.9 Å². The number of carbonyl (C=O) groups is 1. The normalized spacial score (nSPS) is 12.1. The zero-order valence-electron chi connectivity index (χ0n) is 11.3.